The minimum atomic E-state index is -0.167. The number of carbonyl (C=O) groups excluding carboxylic acids is 2. The summed E-state index contributed by atoms with van der Waals surface area (Å²) in [6.07, 6.45) is 0.583. The minimum absolute atomic E-state index is 0.167. The van der Waals surface area contributed by atoms with Crippen LogP contribution in [-0.4, -0.2) is 29.1 Å². The lowest BCUT2D eigenvalue weighted by molar-refractivity contribution is -0.115. The van der Waals surface area contributed by atoms with Gasteiger partial charge in [0.25, 0.3) is 0 Å². The Hall–Kier alpha value is -0.730. The fraction of sp³-hybridized carbons (Fsp3) is 0.727. The molecule has 98 valence electrons. The van der Waals surface area contributed by atoms with Gasteiger partial charge in [0.05, 0.1) is 6.07 Å². The van der Waals surface area contributed by atoms with Gasteiger partial charge in [-0.25, -0.2) is 0 Å². The van der Waals surface area contributed by atoms with E-state index in [-0.39, 0.29) is 11.9 Å². The number of nitriles is 1. The molecule has 16 heavy (non-hydrogen) atoms. The minimum Gasteiger partial charge on any atom is -0.394 e. The highest BCUT2D eigenvalue weighted by Gasteiger charge is 1.69. The Labute approximate surface area is 108 Å². The van der Waals surface area contributed by atoms with Gasteiger partial charge in [0, 0.05) is 13.0 Å². The highest BCUT2D eigenvalue weighted by molar-refractivity contribution is 9.08. The van der Waals surface area contributed by atoms with Crippen LogP contribution in [0.1, 0.15) is 41.5 Å². The van der Waals surface area contributed by atoms with Gasteiger partial charge in [-0.15, -0.1) is 0 Å². The Balaban J connectivity index is -0.0000000322. The van der Waals surface area contributed by atoms with Crippen LogP contribution in [0.15, 0.2) is 0 Å². The summed E-state index contributed by atoms with van der Waals surface area (Å²) in [6.45, 7) is 9.38. The summed E-state index contributed by atoms with van der Waals surface area (Å²) in [7, 11) is 0. The number of alkyl halides is 1. The molecule has 0 saturated carbocycles. The van der Waals surface area contributed by atoms with Crippen molar-refractivity contribution in [2.45, 2.75) is 47.6 Å². The molecular weight excluding hydrogens is 274 g/mol. The van der Waals surface area contributed by atoms with E-state index in [0.29, 0.717) is 0 Å². The molecule has 0 atom stereocenters. The van der Waals surface area contributed by atoms with E-state index in [4.69, 9.17) is 15.2 Å². The summed E-state index contributed by atoms with van der Waals surface area (Å²) in [5.74, 6) is 1.98. The molecular formula is C11H24BrNO3. The molecule has 0 aliphatic carbocycles. The first-order valence-corrected chi connectivity index (χ1v) is 6.12. The number of aldehydes is 1. The second-order valence-electron chi connectivity index (χ2n) is 2.46. The first kappa shape index (κ1) is 29.5. The summed E-state index contributed by atoms with van der Waals surface area (Å²) in [5, 5.41) is 15.4. The Morgan fingerprint density at radius 3 is 1.38 bits per heavy atom. The van der Waals surface area contributed by atoms with Gasteiger partial charge in [0.15, 0.2) is 0 Å². The second kappa shape index (κ2) is 47.5. The summed E-state index contributed by atoms with van der Waals surface area (Å²) in [5.41, 5.74) is 0. The molecule has 0 amide bonds. The van der Waals surface area contributed by atoms with Crippen molar-refractivity contribution < 1.29 is 14.7 Å². The Kier molecular flexibility index (Phi) is 87.6. The van der Waals surface area contributed by atoms with E-state index >= 15 is 0 Å². The second-order valence-corrected chi connectivity index (χ2v) is 2.46. The van der Waals surface area contributed by atoms with Crippen molar-refractivity contribution in [1.82, 2.24) is 0 Å². The maximum atomic E-state index is 9.44. The average Bonchev–Trinajstić information content (AvgIpc) is 2.07. The lowest BCUT2D eigenvalue weighted by atomic mass is 10.5. The van der Waals surface area contributed by atoms with Crippen LogP contribution in [0.5, 0.6) is 0 Å². The topological polar surface area (TPSA) is 78.2 Å². The molecule has 0 rings (SSSR count). The first-order chi connectivity index (χ1) is 7.29. The van der Waals surface area contributed by atoms with Crippen molar-refractivity contribution in [3.05, 3.63) is 0 Å². The van der Waals surface area contributed by atoms with Crippen LogP contribution >= 0.6 is 15.9 Å². The Morgan fingerprint density at radius 2 is 1.38 bits per heavy atom. The zero-order valence-electron chi connectivity index (χ0n) is 11.2. The number of hydrogen-bond acceptors (Lipinski definition) is 4. The Bertz CT molecular complexity index is 147. The van der Waals surface area contributed by atoms with E-state index in [1.807, 2.05) is 5.83 Å². The number of carbonyl (C=O) groups is 2. The molecule has 0 aliphatic heterocycles. The lowest BCUT2D eigenvalue weighted by Crippen LogP contribution is -1.85. The molecule has 0 heterocycles. The monoisotopic (exact) mass is 297 g/mol. The third-order valence-electron chi connectivity index (χ3n) is 0. The number of rotatable bonds is 0. The van der Waals surface area contributed by atoms with E-state index < -0.39 is 0 Å². The van der Waals surface area contributed by atoms with E-state index in [0.717, 1.165) is 6.29 Å². The summed E-state index contributed by atoms with van der Waals surface area (Å²) >= 11 is 2.94. The van der Waals surface area contributed by atoms with Crippen LogP contribution < -0.4 is 0 Å². The third kappa shape index (κ3) is 3750. The number of halogens is 1. The number of aliphatic hydroxyl groups excluding tert-OH is 1. The van der Waals surface area contributed by atoms with Crippen LogP contribution in [0.3, 0.4) is 0 Å². The summed E-state index contributed by atoms with van der Waals surface area (Å²) in [6, 6.07) is 1.75. The zero-order valence-corrected chi connectivity index (χ0v) is 12.8. The molecule has 0 saturated heterocycles. The average molecular weight is 298 g/mol. The van der Waals surface area contributed by atoms with E-state index in [1.165, 1.54) is 27.7 Å². The van der Waals surface area contributed by atoms with Crippen molar-refractivity contribution in [1.29, 1.82) is 5.26 Å². The van der Waals surface area contributed by atoms with Crippen LogP contribution in [-0.2, 0) is 9.59 Å². The largest absolute Gasteiger partial charge is 0.394 e. The predicted octanol–water partition coefficient (Wildman–Crippen LogP) is 2.73. The molecule has 0 aliphatic rings. The van der Waals surface area contributed by atoms with Gasteiger partial charge in [0.1, 0.15) is 12.1 Å². The molecule has 0 bridgehead atoms. The third-order valence-corrected chi connectivity index (χ3v) is 0. The van der Waals surface area contributed by atoms with Crippen LogP contribution in [0.2, 0.25) is 0 Å². The van der Waals surface area contributed by atoms with Crippen molar-refractivity contribution >= 4 is 28.0 Å². The number of ketones is 1. The molecule has 1 N–H and O–H groups in total. The molecule has 0 aromatic carbocycles. The molecule has 0 radical (unpaired) electrons. The maximum Gasteiger partial charge on any atom is 0.126 e. The first-order valence-electron chi connectivity index (χ1n) is 4.53. The molecule has 4 nitrogen and oxygen atoms in total. The predicted molar refractivity (Wildman–Crippen MR) is 71.6 cm³/mol. The lowest BCUT2D eigenvalue weighted by Gasteiger charge is -1.80. The smallest absolute Gasteiger partial charge is 0.126 e. The molecule has 0 fully saturated rings. The summed E-state index contributed by atoms with van der Waals surface area (Å²) < 4.78 is 0. The summed E-state index contributed by atoms with van der Waals surface area (Å²) in [4.78, 5) is 18.2. The fourth-order valence-electron chi connectivity index (χ4n) is 0. The van der Waals surface area contributed by atoms with Gasteiger partial charge in [-0.2, -0.15) is 5.26 Å². The van der Waals surface area contributed by atoms with Crippen molar-refractivity contribution in [3.8, 4) is 6.07 Å². The Morgan fingerprint density at radius 1 is 1.38 bits per heavy atom. The molecule has 0 aromatic heterocycles. The van der Waals surface area contributed by atoms with Gasteiger partial charge in [-0.05, 0) is 40.5 Å². The molecule has 0 aromatic rings. The number of aliphatic hydroxyl groups is 1. The maximum absolute atomic E-state index is 9.44. The SMILES string of the molecule is CBr.CC#N.CC(C)=O.CC(C)O.CC=O. The van der Waals surface area contributed by atoms with E-state index in [9.17, 15) is 4.79 Å². The van der Waals surface area contributed by atoms with Crippen LogP contribution in [0.4, 0.5) is 0 Å². The molecule has 0 unspecified atom stereocenters. The van der Waals surface area contributed by atoms with Gasteiger partial charge in [-0.1, -0.05) is 15.9 Å². The van der Waals surface area contributed by atoms with Crippen molar-refractivity contribution in [3.63, 3.8) is 0 Å². The normalized spacial score (nSPS) is 5.56. The number of nitrogens with zero attached hydrogens (tertiary/aromatic N) is 1. The van der Waals surface area contributed by atoms with Crippen LogP contribution in [0, 0.1) is 11.3 Å². The molecule has 0 spiro atoms. The highest BCUT2D eigenvalue weighted by atomic mass is 79.9. The fourth-order valence-corrected chi connectivity index (χ4v) is 0. The van der Waals surface area contributed by atoms with Crippen molar-refractivity contribution in [2.75, 3.05) is 5.83 Å². The number of Topliss-reactive ketones (excluding diaryl/α,β-unsaturated/α-hetero) is 1. The van der Waals surface area contributed by atoms with Crippen molar-refractivity contribution in [2.24, 2.45) is 0 Å². The van der Waals surface area contributed by atoms with Crippen LogP contribution in [0.25, 0.3) is 0 Å². The highest BCUT2D eigenvalue weighted by Crippen LogP contribution is 1.65. The molecule has 5 heteroatoms. The van der Waals surface area contributed by atoms with Gasteiger partial charge >= 0.3 is 0 Å². The quantitative estimate of drug-likeness (QED) is 0.551. The van der Waals surface area contributed by atoms with E-state index in [1.54, 1.807) is 19.9 Å². The van der Waals surface area contributed by atoms with Gasteiger partial charge in [-0.3, -0.25) is 0 Å². The standard InChI is InChI=1S/C3H8O.C3H6O.C2H3N.C2H4O.CH3Br/c2*1-3(2)4;2*1-2-3;1-2/h3-4H,1-2H3;1-2H3;1H3;2H,1H3;1H3. The zero-order chi connectivity index (χ0) is 14.6. The van der Waals surface area contributed by atoms with Gasteiger partial charge < -0.3 is 14.7 Å². The van der Waals surface area contributed by atoms with Gasteiger partial charge in [0.2, 0.25) is 0 Å². The van der Waals surface area contributed by atoms with E-state index in [2.05, 4.69) is 15.9 Å². The number of hydrogen-bond donors (Lipinski definition) is 1.